The maximum Gasteiger partial charge on any atom is 0.161 e. The molecule has 0 saturated carbocycles. The second-order valence-electron chi connectivity index (χ2n) is 3.65. The molecule has 0 bridgehead atoms. The smallest absolute Gasteiger partial charge is 0.161 e. The Morgan fingerprint density at radius 2 is 1.88 bits per heavy atom. The Bertz CT molecular complexity index is 329. The van der Waals surface area contributed by atoms with Crippen LogP contribution < -0.4 is 20.9 Å². The molecule has 0 unspecified atom stereocenters. The third-order valence-electron chi connectivity index (χ3n) is 2.56. The van der Waals surface area contributed by atoms with E-state index in [1.54, 1.807) is 14.2 Å². The Kier molecular flexibility index (Phi) is 5.08. The van der Waals surface area contributed by atoms with Gasteiger partial charge in [0.15, 0.2) is 11.5 Å². The first kappa shape index (κ1) is 12.8. The number of methoxy groups -OCH3 is 2. The predicted molar refractivity (Wildman–Crippen MR) is 64.8 cm³/mol. The fourth-order valence-corrected chi connectivity index (χ4v) is 1.59. The lowest BCUT2D eigenvalue weighted by atomic mass is 10.0. The Morgan fingerprint density at radius 3 is 2.44 bits per heavy atom. The SMILES string of the molecule is COc1ccc([C@@H](N)CCCN)cc1OC. The maximum absolute atomic E-state index is 6.04. The van der Waals surface area contributed by atoms with Crippen LogP contribution >= 0.6 is 0 Å². The van der Waals surface area contributed by atoms with Crippen molar-refractivity contribution in [2.24, 2.45) is 11.5 Å². The second kappa shape index (κ2) is 6.35. The van der Waals surface area contributed by atoms with Gasteiger partial charge in [-0.3, -0.25) is 0 Å². The van der Waals surface area contributed by atoms with Crippen LogP contribution in [0.15, 0.2) is 18.2 Å². The Hall–Kier alpha value is -1.26. The Labute approximate surface area is 96.5 Å². The summed E-state index contributed by atoms with van der Waals surface area (Å²) in [5.74, 6) is 1.43. The van der Waals surface area contributed by atoms with E-state index in [0.29, 0.717) is 12.3 Å². The summed E-state index contributed by atoms with van der Waals surface area (Å²) in [4.78, 5) is 0. The molecule has 4 heteroatoms. The number of ether oxygens (including phenoxy) is 2. The lowest BCUT2D eigenvalue weighted by Gasteiger charge is -2.14. The number of hydrogen-bond acceptors (Lipinski definition) is 4. The van der Waals surface area contributed by atoms with E-state index in [1.165, 1.54) is 0 Å². The molecule has 0 amide bonds. The molecule has 0 radical (unpaired) electrons. The average Bonchev–Trinajstić information content (AvgIpc) is 2.34. The minimum absolute atomic E-state index is 0.00311. The van der Waals surface area contributed by atoms with Crippen molar-refractivity contribution in [3.8, 4) is 11.5 Å². The number of rotatable bonds is 6. The summed E-state index contributed by atoms with van der Waals surface area (Å²) < 4.78 is 10.4. The summed E-state index contributed by atoms with van der Waals surface area (Å²) >= 11 is 0. The summed E-state index contributed by atoms with van der Waals surface area (Å²) in [6, 6.07) is 5.75. The van der Waals surface area contributed by atoms with Crippen LogP contribution in [0, 0.1) is 0 Å². The summed E-state index contributed by atoms with van der Waals surface area (Å²) in [7, 11) is 3.24. The van der Waals surface area contributed by atoms with Gasteiger partial charge >= 0.3 is 0 Å². The van der Waals surface area contributed by atoms with Crippen LogP contribution in [0.3, 0.4) is 0 Å². The molecule has 4 N–H and O–H groups in total. The molecule has 4 nitrogen and oxygen atoms in total. The Balaban J connectivity index is 2.81. The number of nitrogens with two attached hydrogens (primary N) is 2. The largest absolute Gasteiger partial charge is 0.493 e. The van der Waals surface area contributed by atoms with Crippen molar-refractivity contribution >= 4 is 0 Å². The second-order valence-corrected chi connectivity index (χ2v) is 3.65. The Morgan fingerprint density at radius 1 is 1.19 bits per heavy atom. The molecule has 0 fully saturated rings. The summed E-state index contributed by atoms with van der Waals surface area (Å²) in [6.07, 6.45) is 1.81. The van der Waals surface area contributed by atoms with Crippen LogP contribution in [-0.4, -0.2) is 20.8 Å². The molecule has 0 spiro atoms. The highest BCUT2D eigenvalue weighted by atomic mass is 16.5. The van der Waals surface area contributed by atoms with Gasteiger partial charge in [-0.15, -0.1) is 0 Å². The maximum atomic E-state index is 6.04. The van der Waals surface area contributed by atoms with Crippen LogP contribution in [0.1, 0.15) is 24.4 Å². The molecule has 0 saturated heterocycles. The summed E-state index contributed by atoms with van der Waals surface area (Å²) in [5.41, 5.74) is 12.5. The van der Waals surface area contributed by atoms with E-state index in [9.17, 15) is 0 Å². The lowest BCUT2D eigenvalue weighted by molar-refractivity contribution is 0.354. The van der Waals surface area contributed by atoms with E-state index in [0.717, 1.165) is 24.2 Å². The third kappa shape index (κ3) is 3.12. The molecule has 0 aliphatic carbocycles. The van der Waals surface area contributed by atoms with Crippen LogP contribution in [0.5, 0.6) is 11.5 Å². The normalized spacial score (nSPS) is 12.2. The first-order valence-electron chi connectivity index (χ1n) is 5.40. The van der Waals surface area contributed by atoms with Gasteiger partial charge in [0.05, 0.1) is 14.2 Å². The monoisotopic (exact) mass is 224 g/mol. The minimum Gasteiger partial charge on any atom is -0.493 e. The average molecular weight is 224 g/mol. The van der Waals surface area contributed by atoms with E-state index >= 15 is 0 Å². The van der Waals surface area contributed by atoms with E-state index in [-0.39, 0.29) is 6.04 Å². The first-order valence-corrected chi connectivity index (χ1v) is 5.40. The number of hydrogen-bond donors (Lipinski definition) is 2. The zero-order chi connectivity index (χ0) is 12.0. The van der Waals surface area contributed by atoms with Crippen LogP contribution in [0.25, 0.3) is 0 Å². The van der Waals surface area contributed by atoms with Gasteiger partial charge in [0.2, 0.25) is 0 Å². The van der Waals surface area contributed by atoms with Gasteiger partial charge in [-0.05, 0) is 37.1 Å². The third-order valence-corrected chi connectivity index (χ3v) is 2.56. The zero-order valence-electron chi connectivity index (χ0n) is 9.90. The van der Waals surface area contributed by atoms with Crippen LogP contribution in [0.2, 0.25) is 0 Å². The molecular weight excluding hydrogens is 204 g/mol. The molecule has 90 valence electrons. The van der Waals surface area contributed by atoms with Gasteiger partial charge in [-0.25, -0.2) is 0 Å². The molecule has 1 aromatic rings. The van der Waals surface area contributed by atoms with Crippen molar-refractivity contribution in [1.29, 1.82) is 0 Å². The topological polar surface area (TPSA) is 70.5 Å². The molecule has 0 aliphatic rings. The van der Waals surface area contributed by atoms with Crippen LogP contribution in [0.4, 0.5) is 0 Å². The molecular formula is C12H20N2O2. The molecule has 0 aromatic heterocycles. The van der Waals surface area contributed by atoms with Crippen molar-refractivity contribution in [2.75, 3.05) is 20.8 Å². The zero-order valence-corrected chi connectivity index (χ0v) is 9.90. The van der Waals surface area contributed by atoms with Gasteiger partial charge in [-0.1, -0.05) is 6.07 Å². The summed E-state index contributed by atoms with van der Waals surface area (Å²) in [5, 5.41) is 0. The standard InChI is InChI=1S/C12H20N2O2/c1-15-11-6-5-9(8-12(11)16-2)10(14)4-3-7-13/h5-6,8,10H,3-4,7,13-14H2,1-2H3/t10-/m0/s1. The highest BCUT2D eigenvalue weighted by molar-refractivity contribution is 5.43. The van der Waals surface area contributed by atoms with E-state index in [1.807, 2.05) is 18.2 Å². The van der Waals surface area contributed by atoms with E-state index in [4.69, 9.17) is 20.9 Å². The fourth-order valence-electron chi connectivity index (χ4n) is 1.59. The number of benzene rings is 1. The molecule has 1 rings (SSSR count). The van der Waals surface area contributed by atoms with Crippen molar-refractivity contribution in [3.05, 3.63) is 23.8 Å². The van der Waals surface area contributed by atoms with E-state index < -0.39 is 0 Å². The van der Waals surface area contributed by atoms with Crippen LogP contribution in [-0.2, 0) is 0 Å². The van der Waals surface area contributed by atoms with Gasteiger partial charge in [0, 0.05) is 6.04 Å². The molecule has 0 heterocycles. The minimum atomic E-state index is 0.00311. The lowest BCUT2D eigenvalue weighted by Crippen LogP contribution is -2.12. The molecule has 1 atom stereocenters. The molecule has 0 aliphatic heterocycles. The highest BCUT2D eigenvalue weighted by Gasteiger charge is 2.09. The van der Waals surface area contributed by atoms with Crippen molar-refractivity contribution in [3.63, 3.8) is 0 Å². The predicted octanol–water partition coefficient (Wildman–Crippen LogP) is 1.44. The van der Waals surface area contributed by atoms with Gasteiger partial charge in [0.1, 0.15) is 0 Å². The van der Waals surface area contributed by atoms with Crippen molar-refractivity contribution in [1.82, 2.24) is 0 Å². The first-order chi connectivity index (χ1) is 7.72. The van der Waals surface area contributed by atoms with Gasteiger partial charge in [0.25, 0.3) is 0 Å². The fraction of sp³-hybridized carbons (Fsp3) is 0.500. The highest BCUT2D eigenvalue weighted by Crippen LogP contribution is 2.30. The molecule has 16 heavy (non-hydrogen) atoms. The van der Waals surface area contributed by atoms with E-state index in [2.05, 4.69) is 0 Å². The van der Waals surface area contributed by atoms with Crippen molar-refractivity contribution < 1.29 is 9.47 Å². The van der Waals surface area contributed by atoms with Crippen molar-refractivity contribution in [2.45, 2.75) is 18.9 Å². The quantitative estimate of drug-likeness (QED) is 0.767. The summed E-state index contributed by atoms with van der Waals surface area (Å²) in [6.45, 7) is 0.668. The molecule has 1 aromatic carbocycles. The van der Waals surface area contributed by atoms with Gasteiger partial charge < -0.3 is 20.9 Å². The van der Waals surface area contributed by atoms with Gasteiger partial charge in [-0.2, -0.15) is 0 Å².